The second-order valence-electron chi connectivity index (χ2n) is 5.63. The molecule has 1 aliphatic heterocycles. The highest BCUT2D eigenvalue weighted by Crippen LogP contribution is 2.43. The zero-order chi connectivity index (χ0) is 10.9. The van der Waals surface area contributed by atoms with Crippen LogP contribution in [0.5, 0.6) is 0 Å². The molecule has 2 rings (SSSR count). The quantitative estimate of drug-likeness (QED) is 0.683. The molecule has 0 N–H and O–H groups in total. The van der Waals surface area contributed by atoms with Crippen LogP contribution in [0.2, 0.25) is 0 Å². The molecule has 1 aliphatic carbocycles. The van der Waals surface area contributed by atoms with Gasteiger partial charge in [-0.05, 0) is 24.7 Å². The average molecular weight is 277 g/mol. The second-order valence-corrected chi connectivity index (χ2v) is 6.28. The lowest BCUT2D eigenvalue weighted by atomic mass is 9.85. The van der Waals surface area contributed by atoms with E-state index in [9.17, 15) is 0 Å². The van der Waals surface area contributed by atoms with E-state index in [1.54, 1.807) is 0 Å². The Kier molecular flexibility index (Phi) is 3.44. The van der Waals surface area contributed by atoms with E-state index in [1.165, 1.54) is 19.3 Å². The van der Waals surface area contributed by atoms with E-state index in [-0.39, 0.29) is 11.9 Å². The van der Waals surface area contributed by atoms with Gasteiger partial charge in [0.05, 0.1) is 12.7 Å². The maximum atomic E-state index is 6.04. The lowest BCUT2D eigenvalue weighted by Gasteiger charge is -2.27. The molecule has 2 nitrogen and oxygen atoms in total. The molecule has 2 atom stereocenters. The van der Waals surface area contributed by atoms with E-state index in [0.29, 0.717) is 5.41 Å². The van der Waals surface area contributed by atoms with Crippen LogP contribution in [0.4, 0.5) is 0 Å². The maximum Gasteiger partial charge on any atom is 0.168 e. The van der Waals surface area contributed by atoms with Gasteiger partial charge in [-0.3, -0.25) is 0 Å². The van der Waals surface area contributed by atoms with Crippen LogP contribution in [0, 0.1) is 5.41 Å². The summed E-state index contributed by atoms with van der Waals surface area (Å²) in [6.45, 7) is 5.46. The minimum absolute atomic E-state index is 0.244. The second kappa shape index (κ2) is 4.34. The van der Waals surface area contributed by atoms with Crippen molar-refractivity contribution in [1.82, 2.24) is 0 Å². The molecule has 0 bridgehead atoms. The van der Waals surface area contributed by atoms with Gasteiger partial charge in [-0.25, -0.2) is 0 Å². The van der Waals surface area contributed by atoms with Crippen LogP contribution in [-0.4, -0.2) is 23.8 Å². The fourth-order valence-electron chi connectivity index (χ4n) is 2.57. The molecule has 1 saturated heterocycles. The summed E-state index contributed by atoms with van der Waals surface area (Å²) in [6.07, 6.45) is 6.11. The molecule has 2 fully saturated rings. The molecule has 0 amide bonds. The Balaban J connectivity index is 1.99. The third kappa shape index (κ3) is 2.75. The lowest BCUT2D eigenvalue weighted by Crippen LogP contribution is -2.30. The molecular formula is C12H21BrO2. The summed E-state index contributed by atoms with van der Waals surface area (Å²) >= 11 is 3.46. The molecule has 1 saturated carbocycles. The molecule has 2 unspecified atom stereocenters. The predicted octanol–water partition coefficient (Wildman–Crippen LogP) is 3.48. The number of ether oxygens (including phenoxy) is 2. The van der Waals surface area contributed by atoms with Crippen LogP contribution in [0.15, 0.2) is 0 Å². The normalized spacial score (nSPS) is 40.6. The molecule has 15 heavy (non-hydrogen) atoms. The summed E-state index contributed by atoms with van der Waals surface area (Å²) in [7, 11) is 0. The highest BCUT2D eigenvalue weighted by molar-refractivity contribution is 9.09. The van der Waals surface area contributed by atoms with Gasteiger partial charge >= 0.3 is 0 Å². The lowest BCUT2D eigenvalue weighted by molar-refractivity contribution is -0.174. The number of halogens is 1. The molecule has 1 heterocycles. The summed E-state index contributed by atoms with van der Waals surface area (Å²) in [5.74, 6) is -0.244. The van der Waals surface area contributed by atoms with E-state index in [0.717, 1.165) is 24.8 Å². The first-order valence-corrected chi connectivity index (χ1v) is 7.05. The van der Waals surface area contributed by atoms with Gasteiger partial charge in [0.15, 0.2) is 5.79 Å². The van der Waals surface area contributed by atoms with Gasteiger partial charge in [-0.1, -0.05) is 29.8 Å². The maximum absolute atomic E-state index is 6.04. The molecule has 1 spiro atoms. The van der Waals surface area contributed by atoms with E-state index in [2.05, 4.69) is 29.8 Å². The Morgan fingerprint density at radius 3 is 2.67 bits per heavy atom. The van der Waals surface area contributed by atoms with Crippen LogP contribution in [-0.2, 0) is 9.47 Å². The summed E-state index contributed by atoms with van der Waals surface area (Å²) in [6, 6.07) is 0. The van der Waals surface area contributed by atoms with Gasteiger partial charge in [-0.15, -0.1) is 0 Å². The highest BCUT2D eigenvalue weighted by atomic mass is 79.9. The molecule has 88 valence electrons. The first kappa shape index (κ1) is 11.9. The van der Waals surface area contributed by atoms with Gasteiger partial charge < -0.3 is 9.47 Å². The van der Waals surface area contributed by atoms with Crippen molar-refractivity contribution in [1.29, 1.82) is 0 Å². The van der Waals surface area contributed by atoms with Crippen molar-refractivity contribution in [2.45, 2.75) is 57.8 Å². The molecule has 3 heteroatoms. The monoisotopic (exact) mass is 276 g/mol. The first-order valence-electron chi connectivity index (χ1n) is 5.93. The zero-order valence-corrected chi connectivity index (χ0v) is 11.3. The number of alkyl halides is 1. The van der Waals surface area contributed by atoms with Gasteiger partial charge in [0, 0.05) is 18.2 Å². The smallest absolute Gasteiger partial charge is 0.168 e. The fraction of sp³-hybridized carbons (Fsp3) is 1.00. The number of hydrogen-bond acceptors (Lipinski definition) is 2. The van der Waals surface area contributed by atoms with Crippen molar-refractivity contribution in [3.63, 3.8) is 0 Å². The van der Waals surface area contributed by atoms with E-state index >= 15 is 0 Å². The van der Waals surface area contributed by atoms with Crippen LogP contribution in [0.3, 0.4) is 0 Å². The zero-order valence-electron chi connectivity index (χ0n) is 9.72. The predicted molar refractivity (Wildman–Crippen MR) is 64.2 cm³/mol. The van der Waals surface area contributed by atoms with Crippen molar-refractivity contribution in [3.8, 4) is 0 Å². The molecule has 0 aromatic rings. The van der Waals surface area contributed by atoms with E-state index in [1.807, 2.05) is 0 Å². The molecule has 2 aliphatic rings. The van der Waals surface area contributed by atoms with Crippen LogP contribution in [0.25, 0.3) is 0 Å². The summed E-state index contributed by atoms with van der Waals surface area (Å²) in [4.78, 5) is 0. The van der Waals surface area contributed by atoms with Crippen molar-refractivity contribution in [2.75, 3.05) is 11.9 Å². The summed E-state index contributed by atoms with van der Waals surface area (Å²) < 4.78 is 11.9. The van der Waals surface area contributed by atoms with Gasteiger partial charge in [0.2, 0.25) is 0 Å². The Hall–Kier alpha value is 0.400. The minimum Gasteiger partial charge on any atom is -0.347 e. The molecule has 0 aromatic heterocycles. The van der Waals surface area contributed by atoms with E-state index in [4.69, 9.17) is 9.47 Å². The third-order valence-electron chi connectivity index (χ3n) is 3.68. The molecule has 0 aromatic carbocycles. The Morgan fingerprint density at radius 2 is 2.00 bits per heavy atom. The van der Waals surface area contributed by atoms with Crippen LogP contribution in [0.1, 0.15) is 46.0 Å². The molecular weight excluding hydrogens is 256 g/mol. The highest BCUT2D eigenvalue weighted by Gasteiger charge is 2.43. The van der Waals surface area contributed by atoms with Gasteiger partial charge in [0.1, 0.15) is 0 Å². The summed E-state index contributed by atoms with van der Waals surface area (Å²) in [5.41, 5.74) is 0.461. The topological polar surface area (TPSA) is 18.5 Å². The Morgan fingerprint density at radius 1 is 1.20 bits per heavy atom. The van der Waals surface area contributed by atoms with Gasteiger partial charge in [-0.2, -0.15) is 0 Å². The number of rotatable bonds is 1. The standard InChI is InChI=1S/C12H21BrO2/c1-11(2)4-3-5-12(7-6-11)14-9-10(8-13)15-12/h10H,3-9H2,1-2H3. The van der Waals surface area contributed by atoms with Crippen molar-refractivity contribution >= 4 is 15.9 Å². The SMILES string of the molecule is CC1(C)CCCC2(CC1)OCC(CBr)O2. The largest absolute Gasteiger partial charge is 0.347 e. The average Bonchev–Trinajstić information content (AvgIpc) is 2.52. The minimum atomic E-state index is -0.244. The third-order valence-corrected chi connectivity index (χ3v) is 4.40. The van der Waals surface area contributed by atoms with Crippen molar-refractivity contribution in [2.24, 2.45) is 5.41 Å². The first-order chi connectivity index (χ1) is 7.05. The van der Waals surface area contributed by atoms with Gasteiger partial charge in [0.25, 0.3) is 0 Å². The van der Waals surface area contributed by atoms with E-state index < -0.39 is 0 Å². The fourth-order valence-corrected chi connectivity index (χ4v) is 2.89. The Labute approximate surface area is 101 Å². The van der Waals surface area contributed by atoms with Crippen LogP contribution >= 0.6 is 15.9 Å². The Bertz CT molecular complexity index is 230. The van der Waals surface area contributed by atoms with Crippen LogP contribution < -0.4 is 0 Å². The molecule has 0 radical (unpaired) electrons. The number of hydrogen-bond donors (Lipinski definition) is 0. The van der Waals surface area contributed by atoms with Crippen molar-refractivity contribution < 1.29 is 9.47 Å². The van der Waals surface area contributed by atoms with Crippen molar-refractivity contribution in [3.05, 3.63) is 0 Å². The summed E-state index contributed by atoms with van der Waals surface area (Å²) in [5, 5.41) is 0.887.